The van der Waals surface area contributed by atoms with Crippen LogP contribution >= 0.6 is 0 Å². The first-order chi connectivity index (χ1) is 16.9. The van der Waals surface area contributed by atoms with Crippen molar-refractivity contribution in [3.63, 3.8) is 0 Å². The summed E-state index contributed by atoms with van der Waals surface area (Å²) in [6.07, 6.45) is 1.66. The fourth-order valence-electron chi connectivity index (χ4n) is 3.43. The Morgan fingerprint density at radius 3 is 2.63 bits per heavy atom. The van der Waals surface area contributed by atoms with Gasteiger partial charge in [-0.2, -0.15) is 4.98 Å². The Morgan fingerprint density at radius 1 is 1.20 bits per heavy atom. The monoisotopic (exact) mass is 490 g/mol. The number of nitrogens with one attached hydrogen (secondary N) is 2. The molecule has 0 radical (unpaired) electrons. The van der Waals surface area contributed by atoms with E-state index in [-0.39, 0.29) is 12.2 Å². The van der Waals surface area contributed by atoms with Crippen LogP contribution < -0.4 is 20.1 Å². The lowest BCUT2D eigenvalue weighted by atomic mass is 10.1. The summed E-state index contributed by atoms with van der Waals surface area (Å²) in [7, 11) is 3.20. The summed E-state index contributed by atoms with van der Waals surface area (Å²) in [6, 6.07) is 3.79. The molecule has 0 amide bonds. The highest BCUT2D eigenvalue weighted by Gasteiger charge is 2.26. The predicted octanol–water partition coefficient (Wildman–Crippen LogP) is 3.31. The fraction of sp³-hybridized carbons (Fsp3) is 0.565. The van der Waals surface area contributed by atoms with Crippen molar-refractivity contribution in [2.45, 2.75) is 45.8 Å². The van der Waals surface area contributed by atoms with Crippen LogP contribution in [0.3, 0.4) is 0 Å². The first-order valence-corrected chi connectivity index (χ1v) is 11.6. The van der Waals surface area contributed by atoms with Crippen LogP contribution in [0.4, 0.5) is 22.1 Å². The molecule has 1 fully saturated rings. The summed E-state index contributed by atoms with van der Waals surface area (Å²) >= 11 is 0. The van der Waals surface area contributed by atoms with Gasteiger partial charge in [0.15, 0.2) is 5.82 Å². The number of hydrogen-bond donors (Lipinski definition) is 2. The zero-order valence-electron chi connectivity index (χ0n) is 20.9. The molecule has 3 heterocycles. The number of hydrogen-bond acceptors (Lipinski definition) is 12. The number of ether oxygens (including phenoxy) is 4. The second-order valence-corrected chi connectivity index (χ2v) is 8.19. The number of rotatable bonds is 11. The maximum Gasteiger partial charge on any atom is 0.528 e. The van der Waals surface area contributed by atoms with Crippen LogP contribution in [0.5, 0.6) is 11.6 Å². The minimum Gasteiger partial charge on any atom is -0.489 e. The zero-order valence-corrected chi connectivity index (χ0v) is 20.9. The molecular formula is C23H34N6O6. The lowest BCUT2D eigenvalue weighted by molar-refractivity contribution is -0.151. The van der Waals surface area contributed by atoms with Gasteiger partial charge in [-0.15, -0.1) is 5.06 Å². The van der Waals surface area contributed by atoms with Gasteiger partial charge in [0.25, 0.3) is 5.88 Å². The highest BCUT2D eigenvalue weighted by molar-refractivity contribution is 5.67. The minimum absolute atomic E-state index is 0.117. The number of methoxy groups -OCH3 is 2. The maximum absolute atomic E-state index is 11.7. The van der Waals surface area contributed by atoms with Crippen molar-refractivity contribution in [2.24, 2.45) is 0 Å². The van der Waals surface area contributed by atoms with Crippen molar-refractivity contribution >= 4 is 23.5 Å². The Balaban J connectivity index is 1.60. The summed E-state index contributed by atoms with van der Waals surface area (Å²) in [5.74, 6) is 1.97. The molecule has 0 saturated carbocycles. The third kappa shape index (κ3) is 7.82. The third-order valence-electron chi connectivity index (χ3n) is 5.14. The zero-order chi connectivity index (χ0) is 25.2. The maximum atomic E-state index is 11.7. The van der Waals surface area contributed by atoms with Gasteiger partial charge in [0, 0.05) is 39.6 Å². The molecule has 1 saturated heterocycles. The molecule has 35 heavy (non-hydrogen) atoms. The summed E-state index contributed by atoms with van der Waals surface area (Å²) in [5.41, 5.74) is 1.57. The smallest absolute Gasteiger partial charge is 0.489 e. The van der Waals surface area contributed by atoms with E-state index < -0.39 is 6.16 Å². The summed E-state index contributed by atoms with van der Waals surface area (Å²) in [4.78, 5) is 30.1. The van der Waals surface area contributed by atoms with Crippen LogP contribution in [0.1, 0.15) is 32.4 Å². The molecule has 12 nitrogen and oxygen atoms in total. The Hall–Kier alpha value is -3.38. The van der Waals surface area contributed by atoms with Crippen LogP contribution in [-0.2, 0) is 14.3 Å². The molecule has 12 heteroatoms. The molecule has 0 aromatic carbocycles. The molecule has 2 N–H and O–H groups in total. The molecule has 1 aliphatic rings. The largest absolute Gasteiger partial charge is 0.528 e. The van der Waals surface area contributed by atoms with Crippen LogP contribution in [0.25, 0.3) is 0 Å². The number of carbonyl (C=O) groups is 1. The molecule has 192 valence electrons. The van der Waals surface area contributed by atoms with Gasteiger partial charge in [-0.25, -0.2) is 14.8 Å². The highest BCUT2D eigenvalue weighted by Crippen LogP contribution is 2.35. The van der Waals surface area contributed by atoms with Crippen molar-refractivity contribution in [3.8, 4) is 11.6 Å². The molecule has 0 atom stereocenters. The minimum atomic E-state index is -0.698. The third-order valence-corrected chi connectivity index (χ3v) is 5.14. The van der Waals surface area contributed by atoms with E-state index in [1.54, 1.807) is 33.1 Å². The van der Waals surface area contributed by atoms with Gasteiger partial charge in [0.05, 0.1) is 31.2 Å². The van der Waals surface area contributed by atoms with Crippen LogP contribution in [0, 0.1) is 6.92 Å². The fourth-order valence-corrected chi connectivity index (χ4v) is 3.43. The Bertz CT molecular complexity index is 968. The van der Waals surface area contributed by atoms with Gasteiger partial charge in [-0.3, -0.25) is 0 Å². The SMILES string of the molecule is COCCNc1ccc(Nc2ncnc(OC3CCN(OC(=O)OC(C)C)CC3)c2OC)c(C)n1. The number of hydroxylamine groups is 2. The van der Waals surface area contributed by atoms with Gasteiger partial charge in [-0.05, 0) is 32.9 Å². The first kappa shape index (κ1) is 26.2. The van der Waals surface area contributed by atoms with E-state index in [4.69, 9.17) is 23.8 Å². The number of aromatic nitrogens is 3. The van der Waals surface area contributed by atoms with Crippen molar-refractivity contribution in [3.05, 3.63) is 24.2 Å². The number of anilines is 3. The average molecular weight is 491 g/mol. The van der Waals surface area contributed by atoms with Crippen molar-refractivity contribution in [1.29, 1.82) is 0 Å². The second kappa shape index (κ2) is 12.9. The van der Waals surface area contributed by atoms with E-state index in [0.717, 1.165) is 17.2 Å². The van der Waals surface area contributed by atoms with Gasteiger partial charge < -0.3 is 34.4 Å². The number of carbonyl (C=O) groups excluding carboxylic acids is 1. The molecule has 2 aromatic heterocycles. The van der Waals surface area contributed by atoms with Crippen LogP contribution in [0.15, 0.2) is 18.5 Å². The van der Waals surface area contributed by atoms with E-state index >= 15 is 0 Å². The van der Waals surface area contributed by atoms with E-state index in [2.05, 4.69) is 25.6 Å². The van der Waals surface area contributed by atoms with Crippen LogP contribution in [0.2, 0.25) is 0 Å². The van der Waals surface area contributed by atoms with Crippen LogP contribution in [-0.4, -0.2) is 78.8 Å². The Morgan fingerprint density at radius 2 is 1.97 bits per heavy atom. The summed E-state index contributed by atoms with van der Waals surface area (Å²) in [6.45, 7) is 7.75. The Kier molecular flexibility index (Phi) is 9.67. The topological polar surface area (TPSA) is 129 Å². The van der Waals surface area contributed by atoms with Gasteiger partial charge in [0.1, 0.15) is 18.2 Å². The molecule has 0 bridgehead atoms. The summed E-state index contributed by atoms with van der Waals surface area (Å²) < 4.78 is 21.8. The van der Waals surface area contributed by atoms with Crippen molar-refractivity contribution in [2.75, 3.05) is 51.1 Å². The van der Waals surface area contributed by atoms with E-state index in [9.17, 15) is 4.79 Å². The Labute approximate surface area is 205 Å². The number of piperidine rings is 1. The molecule has 0 aliphatic carbocycles. The second-order valence-electron chi connectivity index (χ2n) is 8.19. The van der Waals surface area contributed by atoms with E-state index in [1.807, 2.05) is 19.1 Å². The molecule has 0 unspecified atom stereocenters. The standard InChI is InChI=1S/C23H34N6O6/c1-15(2)33-23(30)35-29-11-8-17(9-12-29)34-22-20(32-5)21(25-14-26-22)28-18-6-7-19(27-16(18)3)24-10-13-31-4/h6-7,14-15,17H,8-13H2,1-5H3,(H,24,27)(H,25,26,28). The van der Waals surface area contributed by atoms with Gasteiger partial charge in [0.2, 0.25) is 5.75 Å². The predicted molar refractivity (Wildman–Crippen MR) is 129 cm³/mol. The lowest BCUT2D eigenvalue weighted by Gasteiger charge is -2.30. The molecule has 2 aromatic rings. The first-order valence-electron chi connectivity index (χ1n) is 11.6. The van der Waals surface area contributed by atoms with Crippen molar-refractivity contribution < 1.29 is 28.6 Å². The molecule has 1 aliphatic heterocycles. The number of pyridine rings is 1. The normalized spacial score (nSPS) is 14.5. The molecular weight excluding hydrogens is 456 g/mol. The molecule has 0 spiro atoms. The lowest BCUT2D eigenvalue weighted by Crippen LogP contribution is -2.40. The van der Waals surface area contributed by atoms with Crippen molar-refractivity contribution in [1.82, 2.24) is 20.0 Å². The van der Waals surface area contributed by atoms with Gasteiger partial charge >= 0.3 is 6.16 Å². The number of aryl methyl sites for hydroxylation is 1. The van der Waals surface area contributed by atoms with E-state index in [0.29, 0.717) is 56.5 Å². The number of nitrogens with zero attached hydrogens (tertiary/aromatic N) is 4. The highest BCUT2D eigenvalue weighted by atomic mass is 16.8. The molecule has 3 rings (SSSR count). The quantitative estimate of drug-likeness (QED) is 0.354. The van der Waals surface area contributed by atoms with Gasteiger partial charge in [-0.1, -0.05) is 0 Å². The average Bonchev–Trinajstić information content (AvgIpc) is 2.82. The summed E-state index contributed by atoms with van der Waals surface area (Å²) in [5, 5.41) is 8.04. The van der Waals surface area contributed by atoms with E-state index in [1.165, 1.54) is 6.33 Å².